The van der Waals surface area contributed by atoms with Crippen molar-refractivity contribution in [1.29, 1.82) is 0 Å². The van der Waals surface area contributed by atoms with Crippen LogP contribution in [0.1, 0.15) is 18.4 Å². The molecule has 1 atom stereocenters. The van der Waals surface area contributed by atoms with Gasteiger partial charge in [-0.05, 0) is 37.6 Å². The van der Waals surface area contributed by atoms with E-state index in [-0.39, 0.29) is 11.9 Å². The van der Waals surface area contributed by atoms with Gasteiger partial charge in [-0.25, -0.2) is 0 Å². The predicted octanol–water partition coefficient (Wildman–Crippen LogP) is 1.41. The first kappa shape index (κ1) is 12.9. The summed E-state index contributed by atoms with van der Waals surface area (Å²) in [6, 6.07) is 7.86. The van der Waals surface area contributed by atoms with Crippen LogP contribution in [-0.4, -0.2) is 37.6 Å². The van der Waals surface area contributed by atoms with Crippen molar-refractivity contribution in [2.45, 2.75) is 25.4 Å². The first-order valence-electron chi connectivity index (χ1n) is 6.33. The van der Waals surface area contributed by atoms with E-state index in [0.717, 1.165) is 30.7 Å². The van der Waals surface area contributed by atoms with E-state index >= 15 is 0 Å². The van der Waals surface area contributed by atoms with Crippen LogP contribution in [0.25, 0.3) is 0 Å². The number of methoxy groups -OCH3 is 1. The van der Waals surface area contributed by atoms with E-state index in [1.54, 1.807) is 7.11 Å². The maximum atomic E-state index is 12.1. The Morgan fingerprint density at radius 3 is 2.72 bits per heavy atom. The molecule has 0 saturated carbocycles. The molecule has 2 rings (SSSR count). The van der Waals surface area contributed by atoms with Crippen molar-refractivity contribution in [3.05, 3.63) is 29.8 Å². The summed E-state index contributed by atoms with van der Waals surface area (Å²) in [5.74, 6) is 1.05. The lowest BCUT2D eigenvalue weighted by atomic mass is 10.0. The highest BCUT2D eigenvalue weighted by Crippen LogP contribution is 2.17. The van der Waals surface area contributed by atoms with E-state index in [1.807, 2.05) is 36.2 Å². The van der Waals surface area contributed by atoms with Crippen LogP contribution >= 0.6 is 0 Å². The number of benzene rings is 1. The maximum Gasteiger partial charge on any atom is 0.239 e. The lowest BCUT2D eigenvalue weighted by Crippen LogP contribution is -2.49. The van der Waals surface area contributed by atoms with Crippen molar-refractivity contribution in [1.82, 2.24) is 10.2 Å². The summed E-state index contributed by atoms with van der Waals surface area (Å²) < 4.78 is 5.12. The van der Waals surface area contributed by atoms with Crippen LogP contribution in [0.3, 0.4) is 0 Å². The topological polar surface area (TPSA) is 41.6 Å². The van der Waals surface area contributed by atoms with E-state index < -0.39 is 0 Å². The second kappa shape index (κ2) is 5.87. The monoisotopic (exact) mass is 248 g/mol. The van der Waals surface area contributed by atoms with Gasteiger partial charge in [0.25, 0.3) is 0 Å². The Kier molecular flexibility index (Phi) is 4.20. The summed E-state index contributed by atoms with van der Waals surface area (Å²) in [4.78, 5) is 14.0. The molecule has 0 bridgehead atoms. The van der Waals surface area contributed by atoms with E-state index in [4.69, 9.17) is 4.74 Å². The van der Waals surface area contributed by atoms with Gasteiger partial charge in [0.1, 0.15) is 5.75 Å². The molecule has 1 unspecified atom stereocenters. The number of likely N-dealkylation sites (N-methyl/N-ethyl adjacent to an activating group) is 1. The zero-order chi connectivity index (χ0) is 13.0. The number of amides is 1. The first-order valence-corrected chi connectivity index (χ1v) is 6.33. The molecule has 1 fully saturated rings. The fourth-order valence-corrected chi connectivity index (χ4v) is 2.32. The molecular formula is C14H20N2O2. The van der Waals surface area contributed by atoms with Crippen molar-refractivity contribution in [3.63, 3.8) is 0 Å². The molecule has 0 aliphatic carbocycles. The van der Waals surface area contributed by atoms with Gasteiger partial charge in [-0.1, -0.05) is 12.1 Å². The van der Waals surface area contributed by atoms with Gasteiger partial charge < -0.3 is 15.0 Å². The Morgan fingerprint density at radius 2 is 2.11 bits per heavy atom. The van der Waals surface area contributed by atoms with Crippen LogP contribution < -0.4 is 10.1 Å². The third-order valence-corrected chi connectivity index (χ3v) is 3.41. The summed E-state index contributed by atoms with van der Waals surface area (Å²) in [5.41, 5.74) is 1.14. The number of hydrogen-bond acceptors (Lipinski definition) is 3. The van der Waals surface area contributed by atoms with Gasteiger partial charge in [0.05, 0.1) is 13.2 Å². The fraction of sp³-hybridized carbons (Fsp3) is 0.500. The summed E-state index contributed by atoms with van der Waals surface area (Å²) in [5, 5.41) is 3.08. The van der Waals surface area contributed by atoms with Crippen LogP contribution in [0.2, 0.25) is 0 Å². The van der Waals surface area contributed by atoms with Gasteiger partial charge >= 0.3 is 0 Å². The van der Waals surface area contributed by atoms with E-state index in [9.17, 15) is 4.79 Å². The van der Waals surface area contributed by atoms with Crippen LogP contribution in [0.5, 0.6) is 5.75 Å². The first-order chi connectivity index (χ1) is 8.74. The summed E-state index contributed by atoms with van der Waals surface area (Å²) in [6.45, 7) is 1.53. The molecule has 1 aliphatic heterocycles. The molecule has 4 nitrogen and oxygen atoms in total. The normalized spacial score (nSPS) is 20.0. The van der Waals surface area contributed by atoms with Crippen LogP contribution in [0.4, 0.5) is 0 Å². The second-order valence-corrected chi connectivity index (χ2v) is 4.59. The molecule has 1 heterocycles. The number of nitrogens with zero attached hydrogens (tertiary/aromatic N) is 1. The number of rotatable bonds is 4. The number of piperidine rings is 1. The molecule has 98 valence electrons. The third kappa shape index (κ3) is 2.82. The minimum atomic E-state index is -0.0167. The van der Waals surface area contributed by atoms with Gasteiger partial charge in [-0.3, -0.25) is 4.79 Å². The quantitative estimate of drug-likeness (QED) is 0.876. The number of carbonyl (C=O) groups is 1. The van der Waals surface area contributed by atoms with Crippen molar-refractivity contribution in [2.75, 3.05) is 20.7 Å². The van der Waals surface area contributed by atoms with Gasteiger partial charge in [-0.2, -0.15) is 0 Å². The summed E-state index contributed by atoms with van der Waals surface area (Å²) in [7, 11) is 3.50. The molecule has 1 saturated heterocycles. The smallest absolute Gasteiger partial charge is 0.239 e. The van der Waals surface area contributed by atoms with Crippen LogP contribution in [-0.2, 0) is 11.3 Å². The standard InChI is InChI=1S/C14H20N2O2/c1-15-13-4-3-9-16(14(13)17)10-11-5-7-12(18-2)8-6-11/h5-8,13,15H,3-4,9-10H2,1-2H3. The summed E-state index contributed by atoms with van der Waals surface area (Å²) >= 11 is 0. The average Bonchev–Trinajstić information content (AvgIpc) is 2.42. The molecule has 0 aromatic heterocycles. The molecule has 1 aliphatic rings. The van der Waals surface area contributed by atoms with Crippen molar-refractivity contribution >= 4 is 5.91 Å². The average molecular weight is 248 g/mol. The minimum Gasteiger partial charge on any atom is -0.497 e. The van der Waals surface area contributed by atoms with Gasteiger partial charge in [-0.15, -0.1) is 0 Å². The number of hydrogen-bond donors (Lipinski definition) is 1. The number of nitrogens with one attached hydrogen (secondary N) is 1. The number of carbonyl (C=O) groups excluding carboxylic acids is 1. The second-order valence-electron chi connectivity index (χ2n) is 4.59. The highest BCUT2D eigenvalue weighted by atomic mass is 16.5. The van der Waals surface area contributed by atoms with E-state index in [1.165, 1.54) is 0 Å². The minimum absolute atomic E-state index is 0.0167. The maximum absolute atomic E-state index is 12.1. The van der Waals surface area contributed by atoms with Crippen LogP contribution in [0.15, 0.2) is 24.3 Å². The highest BCUT2D eigenvalue weighted by molar-refractivity contribution is 5.82. The van der Waals surface area contributed by atoms with Crippen molar-refractivity contribution in [3.8, 4) is 5.75 Å². The molecule has 0 spiro atoms. The van der Waals surface area contributed by atoms with Crippen LogP contribution in [0, 0.1) is 0 Å². The lowest BCUT2D eigenvalue weighted by Gasteiger charge is -2.32. The van der Waals surface area contributed by atoms with Crippen molar-refractivity contribution in [2.24, 2.45) is 0 Å². The van der Waals surface area contributed by atoms with Gasteiger partial charge in [0.15, 0.2) is 0 Å². The van der Waals surface area contributed by atoms with Gasteiger partial charge in [0.2, 0.25) is 5.91 Å². The number of likely N-dealkylation sites (tertiary alicyclic amines) is 1. The number of ether oxygens (including phenoxy) is 1. The zero-order valence-electron chi connectivity index (χ0n) is 11.0. The Hall–Kier alpha value is -1.55. The van der Waals surface area contributed by atoms with Gasteiger partial charge in [0, 0.05) is 13.1 Å². The molecular weight excluding hydrogens is 228 g/mol. The molecule has 18 heavy (non-hydrogen) atoms. The Balaban J connectivity index is 2.01. The molecule has 0 radical (unpaired) electrons. The lowest BCUT2D eigenvalue weighted by molar-refractivity contribution is -0.136. The van der Waals surface area contributed by atoms with E-state index in [0.29, 0.717) is 6.54 Å². The summed E-state index contributed by atoms with van der Waals surface area (Å²) in [6.07, 6.45) is 2.00. The largest absolute Gasteiger partial charge is 0.497 e. The highest BCUT2D eigenvalue weighted by Gasteiger charge is 2.27. The Labute approximate surface area is 108 Å². The molecule has 1 N–H and O–H groups in total. The SMILES string of the molecule is CNC1CCCN(Cc2ccc(OC)cc2)C1=O. The molecule has 1 amide bonds. The van der Waals surface area contributed by atoms with Crippen molar-refractivity contribution < 1.29 is 9.53 Å². The predicted molar refractivity (Wildman–Crippen MR) is 70.5 cm³/mol. The molecule has 4 heteroatoms. The van der Waals surface area contributed by atoms with E-state index in [2.05, 4.69) is 5.32 Å². The molecule has 1 aromatic rings. The zero-order valence-corrected chi connectivity index (χ0v) is 11.0. The fourth-order valence-electron chi connectivity index (χ4n) is 2.32. The Bertz CT molecular complexity index is 403. The Morgan fingerprint density at radius 1 is 1.39 bits per heavy atom. The third-order valence-electron chi connectivity index (χ3n) is 3.41. The molecule has 1 aromatic carbocycles.